The van der Waals surface area contributed by atoms with Gasteiger partial charge in [0, 0.05) is 26.2 Å². The van der Waals surface area contributed by atoms with Crippen molar-refractivity contribution in [3.05, 3.63) is 38.9 Å². The molecule has 0 fully saturated rings. The van der Waals surface area contributed by atoms with Crippen LogP contribution in [0.25, 0.3) is 10.1 Å². The van der Waals surface area contributed by atoms with Crippen molar-refractivity contribution >= 4 is 33.0 Å². The van der Waals surface area contributed by atoms with Gasteiger partial charge in [0.05, 0.1) is 6.54 Å². The first-order chi connectivity index (χ1) is 11.5. The van der Waals surface area contributed by atoms with Crippen LogP contribution < -0.4 is 10.7 Å². The second-order valence-electron chi connectivity index (χ2n) is 6.85. The van der Waals surface area contributed by atoms with Crippen LogP contribution in [0.15, 0.2) is 23.0 Å². The SMILES string of the molecule is CCC1CCc2c(sc3cc(NC(=O)CN(C)C)ccc3c2=O)C1. The topological polar surface area (TPSA) is 49.4 Å². The van der Waals surface area contributed by atoms with Crippen LogP contribution in [-0.2, 0) is 17.6 Å². The number of hydrogen-bond donors (Lipinski definition) is 1. The summed E-state index contributed by atoms with van der Waals surface area (Å²) in [4.78, 5) is 27.8. The largest absolute Gasteiger partial charge is 0.325 e. The first kappa shape index (κ1) is 17.1. The van der Waals surface area contributed by atoms with Gasteiger partial charge in [-0.05, 0) is 57.5 Å². The van der Waals surface area contributed by atoms with Crippen molar-refractivity contribution in [1.82, 2.24) is 4.90 Å². The van der Waals surface area contributed by atoms with Gasteiger partial charge < -0.3 is 10.2 Å². The minimum atomic E-state index is -0.0456. The molecule has 3 rings (SSSR count). The van der Waals surface area contributed by atoms with Crippen molar-refractivity contribution in [2.24, 2.45) is 5.92 Å². The summed E-state index contributed by atoms with van der Waals surface area (Å²) in [7, 11) is 3.73. The number of amides is 1. The van der Waals surface area contributed by atoms with Gasteiger partial charge in [0.25, 0.3) is 0 Å². The van der Waals surface area contributed by atoms with E-state index in [1.54, 1.807) is 11.3 Å². The molecule has 0 radical (unpaired) electrons. The van der Waals surface area contributed by atoms with E-state index in [9.17, 15) is 9.59 Å². The number of rotatable bonds is 4. The standard InChI is InChI=1S/C19H24N2O2S/c1-4-12-5-7-14-16(9-12)24-17-10-13(6-8-15(17)19(14)23)20-18(22)11-21(2)3/h6,8,10,12H,4-5,7,9,11H2,1-3H3,(H,20,22). The fourth-order valence-corrected chi connectivity index (χ4v) is 4.68. The van der Waals surface area contributed by atoms with E-state index < -0.39 is 0 Å². The maximum atomic E-state index is 12.8. The highest BCUT2D eigenvalue weighted by Gasteiger charge is 2.21. The summed E-state index contributed by atoms with van der Waals surface area (Å²) < 4.78 is 0.971. The lowest BCUT2D eigenvalue weighted by Crippen LogP contribution is -2.27. The molecule has 2 aromatic rings. The number of likely N-dealkylation sites (N-methyl/N-ethyl adjacent to an activating group) is 1. The molecule has 1 amide bonds. The zero-order valence-electron chi connectivity index (χ0n) is 14.5. The molecule has 24 heavy (non-hydrogen) atoms. The molecule has 0 spiro atoms. The predicted octanol–water partition coefficient (Wildman–Crippen LogP) is 3.28. The fraction of sp³-hybridized carbons (Fsp3) is 0.474. The summed E-state index contributed by atoms with van der Waals surface area (Å²) >= 11 is 1.72. The molecule has 1 aromatic carbocycles. The van der Waals surface area contributed by atoms with E-state index >= 15 is 0 Å². The van der Waals surface area contributed by atoms with Crippen LogP contribution in [0.4, 0.5) is 5.69 Å². The van der Waals surface area contributed by atoms with E-state index in [0.717, 1.165) is 40.6 Å². The molecule has 128 valence electrons. The number of benzene rings is 1. The highest BCUT2D eigenvalue weighted by Crippen LogP contribution is 2.32. The third kappa shape index (κ3) is 3.52. The van der Waals surface area contributed by atoms with E-state index in [1.165, 1.54) is 11.3 Å². The molecule has 1 N–H and O–H groups in total. The van der Waals surface area contributed by atoms with Gasteiger partial charge in [0.2, 0.25) is 5.91 Å². The van der Waals surface area contributed by atoms with Gasteiger partial charge in [-0.2, -0.15) is 0 Å². The highest BCUT2D eigenvalue weighted by atomic mass is 32.1. The normalized spacial score (nSPS) is 17.1. The number of nitrogens with zero attached hydrogens (tertiary/aromatic N) is 1. The average molecular weight is 344 g/mol. The van der Waals surface area contributed by atoms with E-state index in [0.29, 0.717) is 12.5 Å². The molecule has 1 atom stereocenters. The molecule has 1 aromatic heterocycles. The van der Waals surface area contributed by atoms with Gasteiger partial charge in [-0.1, -0.05) is 13.3 Å². The Bertz CT molecular complexity index is 826. The molecule has 4 nitrogen and oxygen atoms in total. The molecule has 0 bridgehead atoms. The van der Waals surface area contributed by atoms with Crippen molar-refractivity contribution in [2.45, 2.75) is 32.6 Å². The lowest BCUT2D eigenvalue weighted by molar-refractivity contribution is -0.116. The van der Waals surface area contributed by atoms with Gasteiger partial charge in [-0.3, -0.25) is 9.59 Å². The first-order valence-corrected chi connectivity index (χ1v) is 9.32. The van der Waals surface area contributed by atoms with Crippen LogP contribution in [0.3, 0.4) is 0 Å². The number of anilines is 1. The van der Waals surface area contributed by atoms with Crippen LogP contribution in [0.2, 0.25) is 0 Å². The maximum Gasteiger partial charge on any atom is 0.238 e. The number of nitrogens with one attached hydrogen (secondary N) is 1. The molecule has 0 saturated carbocycles. The first-order valence-electron chi connectivity index (χ1n) is 8.51. The monoisotopic (exact) mass is 344 g/mol. The average Bonchev–Trinajstić information content (AvgIpc) is 2.53. The zero-order chi connectivity index (χ0) is 17.3. The third-order valence-electron chi connectivity index (χ3n) is 4.67. The van der Waals surface area contributed by atoms with Crippen LogP contribution in [0.5, 0.6) is 0 Å². The third-order valence-corrected chi connectivity index (χ3v) is 5.88. The molecule has 0 saturated heterocycles. The van der Waals surface area contributed by atoms with Gasteiger partial charge in [0.15, 0.2) is 5.43 Å². The Morgan fingerprint density at radius 1 is 1.38 bits per heavy atom. The highest BCUT2D eigenvalue weighted by molar-refractivity contribution is 7.18. The van der Waals surface area contributed by atoms with Crippen molar-refractivity contribution in [2.75, 3.05) is 26.0 Å². The summed E-state index contributed by atoms with van der Waals surface area (Å²) in [5, 5.41) is 3.69. The van der Waals surface area contributed by atoms with Gasteiger partial charge in [0.1, 0.15) is 0 Å². The minimum Gasteiger partial charge on any atom is -0.325 e. The second-order valence-corrected chi connectivity index (χ2v) is 7.98. The van der Waals surface area contributed by atoms with Crippen molar-refractivity contribution in [3.8, 4) is 0 Å². The van der Waals surface area contributed by atoms with E-state index in [-0.39, 0.29) is 11.3 Å². The molecule has 1 aliphatic rings. The molecule has 0 aliphatic heterocycles. The Labute approximate surface area is 146 Å². The van der Waals surface area contributed by atoms with Crippen LogP contribution in [0, 0.1) is 5.92 Å². The Hall–Kier alpha value is -1.72. The number of carbonyl (C=O) groups is 1. The van der Waals surface area contributed by atoms with Crippen molar-refractivity contribution < 1.29 is 4.79 Å². The Morgan fingerprint density at radius 3 is 2.88 bits per heavy atom. The second kappa shape index (κ2) is 7.03. The molecule has 5 heteroatoms. The van der Waals surface area contributed by atoms with Gasteiger partial charge in [-0.25, -0.2) is 0 Å². The summed E-state index contributed by atoms with van der Waals surface area (Å²) in [6.45, 7) is 2.56. The number of carbonyl (C=O) groups excluding carboxylic acids is 1. The predicted molar refractivity (Wildman–Crippen MR) is 101 cm³/mol. The quantitative estimate of drug-likeness (QED) is 0.926. The Morgan fingerprint density at radius 2 is 2.17 bits per heavy atom. The zero-order valence-corrected chi connectivity index (χ0v) is 15.3. The lowest BCUT2D eigenvalue weighted by atomic mass is 9.87. The summed E-state index contributed by atoms with van der Waals surface area (Å²) in [6.07, 6.45) is 4.20. The molecule has 1 unspecified atom stereocenters. The number of hydrogen-bond acceptors (Lipinski definition) is 4. The molecule has 1 aliphatic carbocycles. The van der Waals surface area contributed by atoms with Gasteiger partial charge >= 0.3 is 0 Å². The van der Waals surface area contributed by atoms with Crippen molar-refractivity contribution in [3.63, 3.8) is 0 Å². The molecular weight excluding hydrogens is 320 g/mol. The lowest BCUT2D eigenvalue weighted by Gasteiger charge is -2.22. The smallest absolute Gasteiger partial charge is 0.238 e. The summed E-state index contributed by atoms with van der Waals surface area (Å²) in [5.74, 6) is 0.643. The van der Waals surface area contributed by atoms with E-state index in [2.05, 4.69) is 12.2 Å². The fourth-order valence-electron chi connectivity index (χ4n) is 3.32. The number of fused-ring (bicyclic) bond motifs is 2. The molecule has 1 heterocycles. The molecular formula is C19H24N2O2S. The van der Waals surface area contributed by atoms with Crippen LogP contribution in [-0.4, -0.2) is 31.4 Å². The minimum absolute atomic E-state index is 0.0456. The summed E-state index contributed by atoms with van der Waals surface area (Å²) in [6, 6.07) is 5.62. The Kier molecular flexibility index (Phi) is 5.01. The van der Waals surface area contributed by atoms with E-state index in [4.69, 9.17) is 0 Å². The van der Waals surface area contributed by atoms with E-state index in [1.807, 2.05) is 37.2 Å². The maximum absolute atomic E-state index is 12.8. The van der Waals surface area contributed by atoms with Gasteiger partial charge in [-0.15, -0.1) is 11.3 Å². The van der Waals surface area contributed by atoms with Crippen molar-refractivity contribution in [1.29, 1.82) is 0 Å². The Balaban J connectivity index is 1.95. The van der Waals surface area contributed by atoms with Crippen LogP contribution in [0.1, 0.15) is 30.2 Å². The summed E-state index contributed by atoms with van der Waals surface area (Å²) in [5.41, 5.74) is 1.95. The van der Waals surface area contributed by atoms with Crippen LogP contribution >= 0.6 is 11.3 Å².